The molecule has 11 heavy (non-hydrogen) atoms. The summed E-state index contributed by atoms with van der Waals surface area (Å²) in [5.41, 5.74) is 0. The van der Waals surface area contributed by atoms with Crippen LogP contribution >= 0.6 is 0 Å². The molecule has 0 amide bonds. The summed E-state index contributed by atoms with van der Waals surface area (Å²) in [6.45, 7) is 2.23. The first-order valence-electron chi connectivity index (χ1n) is 3.92. The Morgan fingerprint density at radius 3 is 3.00 bits per heavy atom. The third kappa shape index (κ3) is 3.65. The minimum Gasteiger partial charge on any atom is -0.463 e. The molecule has 0 aromatic heterocycles. The predicted octanol–water partition coefficient (Wildman–Crippen LogP) is 0.815. The summed E-state index contributed by atoms with van der Waals surface area (Å²) in [4.78, 5) is 10.7. The monoisotopic (exact) mass is 155 g/mol. The third-order valence-corrected chi connectivity index (χ3v) is 1.42. The number of hydrogen-bond donors (Lipinski definition) is 1. The molecule has 3 nitrogen and oxygen atoms in total. The minimum absolute atomic E-state index is 0.277. The van der Waals surface area contributed by atoms with Gasteiger partial charge in [0.05, 0.1) is 6.61 Å². The van der Waals surface area contributed by atoms with Crippen molar-refractivity contribution < 1.29 is 9.53 Å². The molecule has 0 atom stereocenters. The summed E-state index contributed by atoms with van der Waals surface area (Å²) in [6.07, 6.45) is 5.51. The highest BCUT2D eigenvalue weighted by molar-refractivity contribution is 5.81. The molecular formula is C8H13NO2. The van der Waals surface area contributed by atoms with E-state index in [1.165, 1.54) is 18.9 Å². The van der Waals surface area contributed by atoms with Crippen LogP contribution in [0.2, 0.25) is 0 Å². The van der Waals surface area contributed by atoms with Crippen molar-refractivity contribution in [2.75, 3.05) is 6.61 Å². The average Bonchev–Trinajstić information content (AvgIpc) is 2.72. The lowest BCUT2D eigenvalue weighted by atomic mass is 10.6. The number of esters is 1. The smallest absolute Gasteiger partial charge is 0.332 e. The maximum atomic E-state index is 10.7. The topological polar surface area (TPSA) is 38.3 Å². The SMILES string of the molecule is CCOC(=O)/C=C/NC1CC1. The summed E-state index contributed by atoms with van der Waals surface area (Å²) in [5, 5.41) is 3.06. The van der Waals surface area contributed by atoms with E-state index >= 15 is 0 Å². The molecule has 3 heteroatoms. The number of ether oxygens (including phenoxy) is 1. The fourth-order valence-electron chi connectivity index (χ4n) is 0.693. The van der Waals surface area contributed by atoms with E-state index in [1.54, 1.807) is 13.1 Å². The van der Waals surface area contributed by atoms with E-state index in [9.17, 15) is 4.79 Å². The molecule has 62 valence electrons. The highest BCUT2D eigenvalue weighted by atomic mass is 16.5. The van der Waals surface area contributed by atoms with E-state index in [-0.39, 0.29) is 5.97 Å². The van der Waals surface area contributed by atoms with E-state index in [4.69, 9.17) is 0 Å². The van der Waals surface area contributed by atoms with Gasteiger partial charge in [0.2, 0.25) is 0 Å². The number of carbonyl (C=O) groups is 1. The van der Waals surface area contributed by atoms with Crippen molar-refractivity contribution in [3.05, 3.63) is 12.3 Å². The molecule has 0 aromatic carbocycles. The van der Waals surface area contributed by atoms with Crippen LogP contribution in [-0.4, -0.2) is 18.6 Å². The van der Waals surface area contributed by atoms with Gasteiger partial charge in [-0.15, -0.1) is 0 Å². The molecule has 0 aliphatic heterocycles. The van der Waals surface area contributed by atoms with E-state index in [0.29, 0.717) is 12.6 Å². The van der Waals surface area contributed by atoms with Crippen LogP contribution < -0.4 is 5.32 Å². The third-order valence-electron chi connectivity index (χ3n) is 1.42. The Morgan fingerprint density at radius 1 is 1.73 bits per heavy atom. The van der Waals surface area contributed by atoms with Crippen molar-refractivity contribution in [1.29, 1.82) is 0 Å². The zero-order valence-electron chi connectivity index (χ0n) is 6.67. The van der Waals surface area contributed by atoms with Gasteiger partial charge in [0.15, 0.2) is 0 Å². The maximum absolute atomic E-state index is 10.7. The van der Waals surface area contributed by atoms with E-state index in [0.717, 1.165) is 0 Å². The highest BCUT2D eigenvalue weighted by Gasteiger charge is 2.18. The van der Waals surface area contributed by atoms with E-state index < -0.39 is 0 Å². The second-order valence-corrected chi connectivity index (χ2v) is 2.53. The molecule has 1 fully saturated rings. The largest absolute Gasteiger partial charge is 0.463 e. The fraction of sp³-hybridized carbons (Fsp3) is 0.625. The Kier molecular flexibility index (Phi) is 2.95. The zero-order chi connectivity index (χ0) is 8.10. The first-order chi connectivity index (χ1) is 5.33. The summed E-state index contributed by atoms with van der Waals surface area (Å²) >= 11 is 0. The van der Waals surface area contributed by atoms with Crippen molar-refractivity contribution in [2.45, 2.75) is 25.8 Å². The predicted molar refractivity (Wildman–Crippen MR) is 41.9 cm³/mol. The average molecular weight is 155 g/mol. The summed E-state index contributed by atoms with van der Waals surface area (Å²) in [7, 11) is 0. The first kappa shape index (κ1) is 8.11. The first-order valence-corrected chi connectivity index (χ1v) is 3.92. The van der Waals surface area contributed by atoms with Crippen molar-refractivity contribution >= 4 is 5.97 Å². The van der Waals surface area contributed by atoms with E-state index in [2.05, 4.69) is 10.1 Å². The van der Waals surface area contributed by atoms with Crippen LogP contribution in [0.4, 0.5) is 0 Å². The van der Waals surface area contributed by atoms with Gasteiger partial charge in [-0.2, -0.15) is 0 Å². The number of nitrogens with one attached hydrogen (secondary N) is 1. The van der Waals surface area contributed by atoms with Gasteiger partial charge >= 0.3 is 5.97 Å². The number of hydrogen-bond acceptors (Lipinski definition) is 3. The molecule has 1 rings (SSSR count). The lowest BCUT2D eigenvalue weighted by Gasteiger charge is -1.95. The Balaban J connectivity index is 2.06. The molecule has 1 saturated carbocycles. The summed E-state index contributed by atoms with van der Waals surface area (Å²) < 4.78 is 4.68. The van der Waals surface area contributed by atoms with Gasteiger partial charge in [0.25, 0.3) is 0 Å². The lowest BCUT2D eigenvalue weighted by Crippen LogP contribution is -2.08. The Bertz CT molecular complexity index is 161. The van der Waals surface area contributed by atoms with Crippen molar-refractivity contribution in [3.8, 4) is 0 Å². The van der Waals surface area contributed by atoms with Crippen molar-refractivity contribution in [1.82, 2.24) is 5.32 Å². The molecule has 0 bridgehead atoms. The molecule has 0 heterocycles. The molecule has 0 aromatic rings. The molecular weight excluding hydrogens is 142 g/mol. The van der Waals surface area contributed by atoms with Crippen LogP contribution in [0.1, 0.15) is 19.8 Å². The Hall–Kier alpha value is -0.990. The molecule has 1 N–H and O–H groups in total. The van der Waals surface area contributed by atoms with Gasteiger partial charge in [-0.25, -0.2) is 4.79 Å². The number of carbonyl (C=O) groups excluding carboxylic acids is 1. The molecule has 0 unspecified atom stereocenters. The Morgan fingerprint density at radius 2 is 2.45 bits per heavy atom. The molecule has 0 spiro atoms. The van der Waals surface area contributed by atoms with Gasteiger partial charge in [0.1, 0.15) is 0 Å². The van der Waals surface area contributed by atoms with Crippen molar-refractivity contribution in [3.63, 3.8) is 0 Å². The lowest BCUT2D eigenvalue weighted by molar-refractivity contribution is -0.137. The zero-order valence-corrected chi connectivity index (χ0v) is 6.67. The molecule has 1 aliphatic carbocycles. The highest BCUT2D eigenvalue weighted by Crippen LogP contribution is 2.18. The summed E-state index contributed by atoms with van der Waals surface area (Å²) in [6, 6.07) is 0.598. The minimum atomic E-state index is -0.277. The molecule has 0 radical (unpaired) electrons. The van der Waals surface area contributed by atoms with Gasteiger partial charge in [-0.1, -0.05) is 0 Å². The fourth-order valence-corrected chi connectivity index (χ4v) is 0.693. The van der Waals surface area contributed by atoms with Crippen LogP contribution in [0.25, 0.3) is 0 Å². The van der Waals surface area contributed by atoms with Gasteiger partial charge < -0.3 is 10.1 Å². The van der Waals surface area contributed by atoms with Gasteiger partial charge in [-0.3, -0.25) is 0 Å². The van der Waals surface area contributed by atoms with E-state index in [1.807, 2.05) is 0 Å². The van der Waals surface area contributed by atoms with Crippen LogP contribution in [0.15, 0.2) is 12.3 Å². The van der Waals surface area contributed by atoms with Gasteiger partial charge in [0, 0.05) is 18.3 Å². The second kappa shape index (κ2) is 4.01. The van der Waals surface area contributed by atoms with Gasteiger partial charge in [-0.05, 0) is 19.8 Å². The second-order valence-electron chi connectivity index (χ2n) is 2.53. The standard InChI is InChI=1S/C8H13NO2/c1-2-11-8(10)5-6-9-7-3-4-7/h5-7,9H,2-4H2,1H3/b6-5+. The van der Waals surface area contributed by atoms with Crippen molar-refractivity contribution in [2.24, 2.45) is 0 Å². The normalized spacial score (nSPS) is 16.8. The van der Waals surface area contributed by atoms with Crippen LogP contribution in [0.5, 0.6) is 0 Å². The molecule has 1 aliphatic rings. The summed E-state index contributed by atoms with van der Waals surface area (Å²) in [5.74, 6) is -0.277. The molecule has 0 saturated heterocycles. The Labute approximate surface area is 66.4 Å². The quantitative estimate of drug-likeness (QED) is 0.482. The maximum Gasteiger partial charge on any atom is 0.332 e. The van der Waals surface area contributed by atoms with Crippen LogP contribution in [0, 0.1) is 0 Å². The number of rotatable bonds is 4. The van der Waals surface area contributed by atoms with Crippen LogP contribution in [-0.2, 0) is 9.53 Å². The van der Waals surface area contributed by atoms with Crippen LogP contribution in [0.3, 0.4) is 0 Å².